The highest BCUT2D eigenvalue weighted by Crippen LogP contribution is 2.28. The number of benzene rings is 3. The van der Waals surface area contributed by atoms with E-state index in [-0.39, 0.29) is 45.2 Å². The predicted octanol–water partition coefficient (Wildman–Crippen LogP) is 6.93. The number of aromatic nitrogens is 2. The lowest BCUT2D eigenvalue weighted by Gasteiger charge is -2.19. The van der Waals surface area contributed by atoms with E-state index in [2.05, 4.69) is 17.3 Å². The van der Waals surface area contributed by atoms with Crippen molar-refractivity contribution in [2.24, 2.45) is 0 Å². The first-order valence-electron chi connectivity index (χ1n) is 16.4. The number of carbonyl (C=O) groups is 1. The van der Waals surface area contributed by atoms with E-state index in [1.807, 2.05) is 0 Å². The number of nitro benzene ring substituents is 1. The van der Waals surface area contributed by atoms with Crippen LogP contribution in [0.5, 0.6) is 17.4 Å². The van der Waals surface area contributed by atoms with Crippen LogP contribution in [0.4, 0.5) is 11.4 Å². The van der Waals surface area contributed by atoms with Gasteiger partial charge in [-0.05, 0) is 80.4 Å². The number of nitro groups is 1. The highest BCUT2D eigenvalue weighted by atomic mass is 32.2. The van der Waals surface area contributed by atoms with Gasteiger partial charge >= 0.3 is 0 Å². The van der Waals surface area contributed by atoms with Gasteiger partial charge in [-0.1, -0.05) is 51.9 Å². The van der Waals surface area contributed by atoms with Crippen LogP contribution in [0.2, 0.25) is 0 Å². The Morgan fingerprint density at radius 2 is 1.53 bits per heavy atom. The number of nitrogens with one attached hydrogen (secondary N) is 2. The van der Waals surface area contributed by atoms with Crippen molar-refractivity contribution in [1.82, 2.24) is 9.78 Å². The maximum atomic E-state index is 13.6. The van der Waals surface area contributed by atoms with Gasteiger partial charge < -0.3 is 19.9 Å². The predicted molar refractivity (Wildman–Crippen MR) is 184 cm³/mol. The van der Waals surface area contributed by atoms with Crippen LogP contribution in [0.15, 0.2) is 87.4 Å². The van der Waals surface area contributed by atoms with Crippen LogP contribution in [0, 0.1) is 10.1 Å². The summed E-state index contributed by atoms with van der Waals surface area (Å²) in [5, 5.41) is 26.9. The molecule has 49 heavy (non-hydrogen) atoms. The zero-order chi connectivity index (χ0) is 35.4. The number of carbonyl (C=O) groups excluding carboxylic acids is 1. The molecule has 0 fully saturated rings. The average Bonchev–Trinajstić information content (AvgIpc) is 3.45. The van der Waals surface area contributed by atoms with Crippen molar-refractivity contribution in [3.8, 4) is 23.1 Å². The minimum absolute atomic E-state index is 0.0107. The molecule has 13 nitrogen and oxygen atoms in total. The molecule has 0 saturated carbocycles. The minimum atomic E-state index is -3.86. The normalized spacial score (nSPS) is 12.0. The van der Waals surface area contributed by atoms with Crippen molar-refractivity contribution in [2.45, 2.75) is 87.5 Å². The minimum Gasteiger partial charge on any atom is -0.508 e. The molecule has 0 aliphatic carbocycles. The van der Waals surface area contributed by atoms with Gasteiger partial charge in [-0.3, -0.25) is 24.8 Å². The van der Waals surface area contributed by atoms with E-state index in [1.165, 1.54) is 86.0 Å². The Bertz CT molecular complexity index is 1870. The maximum Gasteiger partial charge on any atom is 0.297 e. The molecule has 0 aliphatic rings. The van der Waals surface area contributed by atoms with Crippen LogP contribution in [0.25, 0.3) is 5.69 Å². The van der Waals surface area contributed by atoms with Gasteiger partial charge in [0.2, 0.25) is 15.7 Å². The third-order valence-corrected chi connectivity index (χ3v) is 9.63. The molecule has 262 valence electrons. The lowest BCUT2D eigenvalue weighted by Crippen LogP contribution is -2.33. The Labute approximate surface area is 284 Å². The number of hydrogen-bond acceptors (Lipinski definition) is 9. The van der Waals surface area contributed by atoms with E-state index < -0.39 is 38.0 Å². The Kier molecular flexibility index (Phi) is 13.0. The van der Waals surface area contributed by atoms with Gasteiger partial charge in [0.1, 0.15) is 17.2 Å². The second-order valence-electron chi connectivity index (χ2n) is 11.5. The zero-order valence-corrected chi connectivity index (χ0v) is 28.4. The molecule has 4 aromatic rings. The lowest BCUT2D eigenvalue weighted by atomic mass is 10.1. The van der Waals surface area contributed by atoms with Crippen LogP contribution < -0.4 is 20.3 Å². The molecule has 1 heterocycles. The van der Waals surface area contributed by atoms with Gasteiger partial charge in [-0.25, -0.2) is 13.1 Å². The fraction of sp³-hybridized carbons (Fsp3) is 0.371. The van der Waals surface area contributed by atoms with E-state index in [0.717, 1.165) is 36.4 Å². The Balaban J connectivity index is 1.51. The molecule has 1 amide bonds. The average molecular weight is 695 g/mol. The van der Waals surface area contributed by atoms with Crippen LogP contribution >= 0.6 is 0 Å². The summed E-state index contributed by atoms with van der Waals surface area (Å²) in [6, 6.07) is 16.0. The van der Waals surface area contributed by atoms with Crippen molar-refractivity contribution in [2.75, 3.05) is 11.9 Å². The van der Waals surface area contributed by atoms with Gasteiger partial charge in [0.15, 0.2) is 6.10 Å². The van der Waals surface area contributed by atoms with Gasteiger partial charge in [0, 0.05) is 11.8 Å². The smallest absolute Gasteiger partial charge is 0.297 e. The number of H-pyrrole nitrogens is 1. The Hall–Kier alpha value is -5.11. The van der Waals surface area contributed by atoms with E-state index in [1.54, 1.807) is 6.92 Å². The van der Waals surface area contributed by atoms with E-state index >= 15 is 0 Å². The van der Waals surface area contributed by atoms with E-state index in [4.69, 9.17) is 9.47 Å². The SMILES string of the molecule is CCCCCCCCCCC(Oc1ccc(S(=O)(=O)c2ccc(O)cc2)cc1)C(=O)Nc1ccc(-n2[nH]c(OCC)cc2=O)c([N+](=O)[O-])c1. The number of aromatic hydroxyl groups is 1. The second-order valence-corrected chi connectivity index (χ2v) is 13.5. The molecule has 14 heteroatoms. The molecule has 0 spiro atoms. The molecule has 0 radical (unpaired) electrons. The largest absolute Gasteiger partial charge is 0.508 e. The molecule has 3 N–H and O–H groups in total. The molecule has 1 atom stereocenters. The number of phenols is 1. The molecule has 0 saturated heterocycles. The number of hydrogen-bond donors (Lipinski definition) is 3. The molecular weight excluding hydrogens is 652 g/mol. The summed E-state index contributed by atoms with van der Waals surface area (Å²) in [7, 11) is -3.86. The third kappa shape index (κ3) is 9.95. The lowest BCUT2D eigenvalue weighted by molar-refractivity contribution is -0.384. The van der Waals surface area contributed by atoms with Crippen LogP contribution in [-0.4, -0.2) is 46.8 Å². The first kappa shape index (κ1) is 36.7. The molecule has 1 aromatic heterocycles. The molecular formula is C35H42N4O9S. The van der Waals surface area contributed by atoms with E-state index in [0.29, 0.717) is 12.8 Å². The van der Waals surface area contributed by atoms with Crippen LogP contribution in [0.3, 0.4) is 0 Å². The van der Waals surface area contributed by atoms with Crippen molar-refractivity contribution in [3.05, 3.63) is 93.3 Å². The molecule has 4 rings (SSSR count). The van der Waals surface area contributed by atoms with Crippen molar-refractivity contribution in [3.63, 3.8) is 0 Å². The second kappa shape index (κ2) is 17.3. The number of rotatable bonds is 19. The number of unbranched alkanes of at least 4 members (excludes halogenated alkanes) is 7. The van der Waals surface area contributed by atoms with Crippen molar-refractivity contribution in [1.29, 1.82) is 0 Å². The summed E-state index contributed by atoms with van der Waals surface area (Å²) in [6.45, 7) is 4.19. The highest BCUT2D eigenvalue weighted by molar-refractivity contribution is 7.91. The van der Waals surface area contributed by atoms with Crippen molar-refractivity contribution < 1.29 is 32.7 Å². The zero-order valence-electron chi connectivity index (χ0n) is 27.6. The number of phenolic OH excluding ortho intramolecular Hbond substituents is 1. The number of amides is 1. The Morgan fingerprint density at radius 3 is 2.14 bits per heavy atom. The fourth-order valence-electron chi connectivity index (χ4n) is 5.27. The first-order valence-corrected chi connectivity index (χ1v) is 17.9. The highest BCUT2D eigenvalue weighted by Gasteiger charge is 2.24. The molecule has 0 bridgehead atoms. The summed E-state index contributed by atoms with van der Waals surface area (Å²) >= 11 is 0. The summed E-state index contributed by atoms with van der Waals surface area (Å²) in [6.07, 6.45) is 7.78. The fourth-order valence-corrected chi connectivity index (χ4v) is 6.53. The summed E-state index contributed by atoms with van der Waals surface area (Å²) < 4.78 is 38.5. The van der Waals surface area contributed by atoms with Crippen LogP contribution in [0.1, 0.15) is 71.6 Å². The molecule has 3 aromatic carbocycles. The van der Waals surface area contributed by atoms with E-state index in [9.17, 15) is 33.2 Å². The summed E-state index contributed by atoms with van der Waals surface area (Å²) in [4.78, 5) is 37.4. The number of anilines is 1. The first-order chi connectivity index (χ1) is 23.5. The number of ether oxygens (including phenoxy) is 2. The number of aromatic amines is 1. The third-order valence-electron chi connectivity index (χ3n) is 7.85. The van der Waals surface area contributed by atoms with Gasteiger partial charge in [-0.2, -0.15) is 0 Å². The quantitative estimate of drug-likeness (QED) is 0.0532. The number of nitrogens with zero attached hydrogens (tertiary/aromatic N) is 2. The van der Waals surface area contributed by atoms with Gasteiger partial charge in [0.25, 0.3) is 17.2 Å². The van der Waals surface area contributed by atoms with Gasteiger partial charge in [0.05, 0.1) is 27.4 Å². The van der Waals surface area contributed by atoms with Crippen LogP contribution in [-0.2, 0) is 14.6 Å². The number of sulfone groups is 1. The Morgan fingerprint density at radius 1 is 0.918 bits per heavy atom. The standard InChI is InChI=1S/C35H42N4O9S/c1-3-5-6-7-8-9-10-11-12-32(48-27-16-20-29(21-17-27)49(45,46)28-18-14-26(40)15-19-28)35(42)36-25-13-22-30(31(23-25)39(43)44)38-34(41)24-33(37-38)47-4-2/h13-24,32,37,40H,3-12H2,1-2H3,(H,36,42). The maximum absolute atomic E-state index is 13.6. The summed E-state index contributed by atoms with van der Waals surface area (Å²) in [5.74, 6) is -0.171. The topological polar surface area (TPSA) is 183 Å². The molecule has 0 aliphatic heterocycles. The monoisotopic (exact) mass is 694 g/mol. The van der Waals surface area contributed by atoms with Crippen molar-refractivity contribution >= 4 is 27.1 Å². The summed E-state index contributed by atoms with van der Waals surface area (Å²) in [5.41, 5.74) is -0.877. The molecule has 1 unspecified atom stereocenters. The van der Waals surface area contributed by atoms with Gasteiger partial charge in [-0.15, -0.1) is 0 Å².